The van der Waals surface area contributed by atoms with Crippen molar-refractivity contribution >= 4 is 21.7 Å². The summed E-state index contributed by atoms with van der Waals surface area (Å²) in [5, 5.41) is 0. The van der Waals surface area contributed by atoms with E-state index in [1.54, 1.807) is 11.9 Å². The van der Waals surface area contributed by atoms with Gasteiger partial charge < -0.3 is 9.80 Å². The lowest BCUT2D eigenvalue weighted by atomic mass is 10.2. The van der Waals surface area contributed by atoms with E-state index in [1.165, 1.54) is 11.8 Å². The summed E-state index contributed by atoms with van der Waals surface area (Å²) in [6.45, 7) is 2.19. The Kier molecular flexibility index (Phi) is 5.99. The summed E-state index contributed by atoms with van der Waals surface area (Å²) in [6, 6.07) is 9.37. The van der Waals surface area contributed by atoms with Gasteiger partial charge in [-0.2, -0.15) is 0 Å². The van der Waals surface area contributed by atoms with E-state index in [0.29, 0.717) is 13.0 Å². The van der Waals surface area contributed by atoms with Crippen LogP contribution in [-0.4, -0.2) is 61.2 Å². The highest BCUT2D eigenvalue weighted by Gasteiger charge is 2.33. The van der Waals surface area contributed by atoms with E-state index >= 15 is 0 Å². The van der Waals surface area contributed by atoms with Gasteiger partial charge in [0, 0.05) is 39.5 Å². The molecule has 0 N–H and O–H groups in total. The number of nitrogens with zero attached hydrogens (tertiary/aromatic N) is 2. The molecule has 7 heteroatoms. The van der Waals surface area contributed by atoms with Gasteiger partial charge >= 0.3 is 0 Å². The molecule has 0 radical (unpaired) electrons. The fourth-order valence-corrected chi connectivity index (χ4v) is 4.70. The monoisotopic (exact) mass is 352 g/mol. The van der Waals surface area contributed by atoms with E-state index in [4.69, 9.17) is 0 Å². The highest BCUT2D eigenvalue weighted by Crippen LogP contribution is 2.18. The largest absolute Gasteiger partial charge is 0.341 e. The van der Waals surface area contributed by atoms with Gasteiger partial charge in [0.15, 0.2) is 9.84 Å². The molecule has 0 bridgehead atoms. The molecule has 1 aliphatic rings. The number of hydrogen-bond donors (Lipinski definition) is 0. The molecule has 0 saturated carbocycles. The Morgan fingerprint density at radius 1 is 1.21 bits per heavy atom. The molecule has 1 aliphatic heterocycles. The molecular formula is C17H24N2O4S. The van der Waals surface area contributed by atoms with Crippen molar-refractivity contribution in [2.45, 2.75) is 32.4 Å². The zero-order valence-electron chi connectivity index (χ0n) is 14.1. The number of amides is 2. The van der Waals surface area contributed by atoms with E-state index in [0.717, 1.165) is 5.56 Å². The molecule has 132 valence electrons. The number of carbonyl (C=O) groups excluding carboxylic acids is 2. The fraction of sp³-hybridized carbons (Fsp3) is 0.529. The zero-order chi connectivity index (χ0) is 17.7. The van der Waals surface area contributed by atoms with Gasteiger partial charge in [-0.25, -0.2) is 8.42 Å². The SMILES string of the molecule is CC(=O)N(CCC(=O)N(C)Cc1ccccc1)C1CCS(=O)(=O)C1. The third kappa shape index (κ3) is 5.06. The van der Waals surface area contributed by atoms with Crippen LogP contribution in [0.15, 0.2) is 30.3 Å². The molecular weight excluding hydrogens is 328 g/mol. The molecule has 1 saturated heterocycles. The third-order valence-corrected chi connectivity index (χ3v) is 6.06. The van der Waals surface area contributed by atoms with Gasteiger partial charge in [-0.05, 0) is 12.0 Å². The molecule has 1 atom stereocenters. The van der Waals surface area contributed by atoms with Crippen molar-refractivity contribution in [1.29, 1.82) is 0 Å². The van der Waals surface area contributed by atoms with Gasteiger partial charge in [0.2, 0.25) is 11.8 Å². The van der Waals surface area contributed by atoms with Crippen LogP contribution in [0.1, 0.15) is 25.3 Å². The van der Waals surface area contributed by atoms with E-state index in [2.05, 4.69) is 0 Å². The Morgan fingerprint density at radius 2 is 1.88 bits per heavy atom. The van der Waals surface area contributed by atoms with Crippen molar-refractivity contribution in [2.75, 3.05) is 25.1 Å². The quantitative estimate of drug-likeness (QED) is 0.767. The average Bonchev–Trinajstić information content (AvgIpc) is 2.87. The Labute approximate surface area is 143 Å². The van der Waals surface area contributed by atoms with Gasteiger partial charge in [-0.3, -0.25) is 9.59 Å². The van der Waals surface area contributed by atoms with Gasteiger partial charge in [-0.15, -0.1) is 0 Å². The Bertz CT molecular complexity index is 688. The Hall–Kier alpha value is -1.89. The summed E-state index contributed by atoms with van der Waals surface area (Å²) in [5.41, 5.74) is 1.04. The van der Waals surface area contributed by atoms with Crippen LogP contribution in [0.5, 0.6) is 0 Å². The number of benzene rings is 1. The predicted molar refractivity (Wildman–Crippen MR) is 92.0 cm³/mol. The van der Waals surface area contributed by atoms with E-state index in [-0.39, 0.29) is 42.3 Å². The number of sulfone groups is 1. The van der Waals surface area contributed by atoms with Gasteiger partial charge in [0.05, 0.1) is 11.5 Å². The highest BCUT2D eigenvalue weighted by molar-refractivity contribution is 7.91. The molecule has 24 heavy (non-hydrogen) atoms. The van der Waals surface area contributed by atoms with Crippen LogP contribution in [0.4, 0.5) is 0 Å². The maximum absolute atomic E-state index is 12.3. The molecule has 0 aliphatic carbocycles. The van der Waals surface area contributed by atoms with Gasteiger partial charge in [-0.1, -0.05) is 30.3 Å². The molecule has 6 nitrogen and oxygen atoms in total. The topological polar surface area (TPSA) is 74.8 Å². The molecule has 2 rings (SSSR count). The summed E-state index contributed by atoms with van der Waals surface area (Å²) >= 11 is 0. The molecule has 0 spiro atoms. The summed E-state index contributed by atoms with van der Waals surface area (Å²) in [5.74, 6) is -0.134. The third-order valence-electron chi connectivity index (χ3n) is 4.31. The van der Waals surface area contributed by atoms with E-state index < -0.39 is 9.84 Å². The Balaban J connectivity index is 1.89. The van der Waals surface area contributed by atoms with Crippen LogP contribution < -0.4 is 0 Å². The van der Waals surface area contributed by atoms with Crippen molar-refractivity contribution in [3.05, 3.63) is 35.9 Å². The average molecular weight is 352 g/mol. The predicted octanol–water partition coefficient (Wildman–Crippen LogP) is 1.07. The van der Waals surface area contributed by atoms with Crippen molar-refractivity contribution in [2.24, 2.45) is 0 Å². The molecule has 1 aromatic rings. The normalized spacial score (nSPS) is 19.0. The first kappa shape index (κ1) is 18.4. The van der Waals surface area contributed by atoms with Gasteiger partial charge in [0.1, 0.15) is 0 Å². The van der Waals surface area contributed by atoms with Crippen molar-refractivity contribution < 1.29 is 18.0 Å². The van der Waals surface area contributed by atoms with Crippen LogP contribution >= 0.6 is 0 Å². The minimum Gasteiger partial charge on any atom is -0.341 e. The van der Waals surface area contributed by atoms with Crippen LogP contribution in [0, 0.1) is 0 Å². The van der Waals surface area contributed by atoms with Gasteiger partial charge in [0.25, 0.3) is 0 Å². The minimum absolute atomic E-state index is 0.000620. The zero-order valence-corrected chi connectivity index (χ0v) is 15.0. The number of rotatable bonds is 6. The van der Waals surface area contributed by atoms with Crippen LogP contribution in [0.2, 0.25) is 0 Å². The number of hydrogen-bond acceptors (Lipinski definition) is 4. The van der Waals surface area contributed by atoms with Crippen molar-refractivity contribution in [3.8, 4) is 0 Å². The Morgan fingerprint density at radius 3 is 2.42 bits per heavy atom. The second-order valence-corrected chi connectivity index (χ2v) is 8.48. The molecule has 1 heterocycles. The summed E-state index contributed by atoms with van der Waals surface area (Å²) < 4.78 is 23.2. The maximum Gasteiger partial charge on any atom is 0.224 e. The molecule has 1 aromatic carbocycles. The molecule has 1 unspecified atom stereocenters. The fourth-order valence-electron chi connectivity index (χ4n) is 2.97. The lowest BCUT2D eigenvalue weighted by Gasteiger charge is -2.27. The second-order valence-electron chi connectivity index (χ2n) is 6.25. The first-order valence-electron chi connectivity index (χ1n) is 8.04. The summed E-state index contributed by atoms with van der Waals surface area (Å²) in [4.78, 5) is 27.3. The molecule has 2 amide bonds. The van der Waals surface area contributed by atoms with E-state index in [1.807, 2.05) is 30.3 Å². The first-order chi connectivity index (χ1) is 11.3. The lowest BCUT2D eigenvalue weighted by Crippen LogP contribution is -2.42. The van der Waals surface area contributed by atoms with Crippen molar-refractivity contribution in [1.82, 2.24) is 9.80 Å². The summed E-state index contributed by atoms with van der Waals surface area (Å²) in [7, 11) is -1.33. The molecule has 0 aromatic heterocycles. The maximum atomic E-state index is 12.3. The van der Waals surface area contributed by atoms with E-state index in [9.17, 15) is 18.0 Å². The summed E-state index contributed by atoms with van der Waals surface area (Å²) in [6.07, 6.45) is 0.648. The number of carbonyl (C=O) groups is 2. The standard InChI is InChI=1S/C17H24N2O4S/c1-14(20)19(16-9-11-24(22,23)13-16)10-8-17(21)18(2)12-15-6-4-3-5-7-15/h3-7,16H,8-13H2,1-2H3. The minimum atomic E-state index is -3.06. The first-order valence-corrected chi connectivity index (χ1v) is 9.86. The lowest BCUT2D eigenvalue weighted by molar-refractivity contribution is -0.134. The van der Waals surface area contributed by atoms with Crippen LogP contribution in [0.25, 0.3) is 0 Å². The molecule has 1 fully saturated rings. The smallest absolute Gasteiger partial charge is 0.224 e. The highest BCUT2D eigenvalue weighted by atomic mass is 32.2. The second kappa shape index (κ2) is 7.79. The van der Waals surface area contributed by atoms with Crippen LogP contribution in [0.3, 0.4) is 0 Å². The van der Waals surface area contributed by atoms with Crippen molar-refractivity contribution in [3.63, 3.8) is 0 Å². The van der Waals surface area contributed by atoms with Crippen LogP contribution in [-0.2, 0) is 26.0 Å².